The van der Waals surface area contributed by atoms with E-state index in [1.807, 2.05) is 0 Å². The maximum atomic E-state index is 3.58. The van der Waals surface area contributed by atoms with Crippen molar-refractivity contribution in [3.05, 3.63) is 30.3 Å². The summed E-state index contributed by atoms with van der Waals surface area (Å²) in [5.41, 5.74) is 2.01. The van der Waals surface area contributed by atoms with Crippen molar-refractivity contribution in [2.45, 2.75) is 45.1 Å². The Balaban J connectivity index is 2.60. The van der Waals surface area contributed by atoms with Crippen LogP contribution in [0, 0.1) is 0 Å². The quantitative estimate of drug-likeness (QED) is 0.751. The summed E-state index contributed by atoms with van der Waals surface area (Å²) in [6.07, 6.45) is 0. The second kappa shape index (κ2) is 4.84. The van der Waals surface area contributed by atoms with Crippen molar-refractivity contribution < 1.29 is 0 Å². The monoisotopic (exact) mass is 221 g/mol. The Morgan fingerprint density at radius 1 is 1.00 bits per heavy atom. The number of para-hydroxylation sites is 1. The third kappa shape index (κ3) is 3.71. The summed E-state index contributed by atoms with van der Waals surface area (Å²) in [7, 11) is -1.04. The smallest absolute Gasteiger partial charge is 0.0493 e. The van der Waals surface area contributed by atoms with Crippen molar-refractivity contribution in [3.8, 4) is 0 Å². The van der Waals surface area contributed by atoms with Gasteiger partial charge in [-0.1, -0.05) is 44.8 Å². The van der Waals surface area contributed by atoms with E-state index in [1.165, 1.54) is 5.69 Å². The zero-order valence-electron chi connectivity index (χ0n) is 10.5. The van der Waals surface area contributed by atoms with Crippen LogP contribution >= 0.6 is 0 Å². The van der Waals surface area contributed by atoms with Gasteiger partial charge in [-0.25, -0.2) is 0 Å². The maximum absolute atomic E-state index is 3.58. The first kappa shape index (κ1) is 12.3. The summed E-state index contributed by atoms with van der Waals surface area (Å²) in [6, 6.07) is 11.0. The van der Waals surface area contributed by atoms with Gasteiger partial charge in [0.05, 0.1) is 0 Å². The maximum Gasteiger partial charge on any atom is 0.0493 e. The summed E-state index contributed by atoms with van der Waals surface area (Å²) in [5.74, 6) is 0. The highest BCUT2D eigenvalue weighted by atomic mass is 28.3. The average Bonchev–Trinajstić information content (AvgIpc) is 2.16. The molecule has 0 heterocycles. The Hall–Kier alpha value is -0.763. The fourth-order valence-corrected chi connectivity index (χ4v) is 3.26. The molecule has 1 aromatic carbocycles. The molecule has 1 rings (SSSR count). The Morgan fingerprint density at radius 2 is 1.53 bits per heavy atom. The third-order valence-electron chi connectivity index (χ3n) is 3.28. The largest absolute Gasteiger partial charge is 0.383 e. The molecule has 0 fully saturated rings. The van der Waals surface area contributed by atoms with Gasteiger partial charge in [0.2, 0.25) is 0 Å². The van der Waals surface area contributed by atoms with Crippen LogP contribution in [0.15, 0.2) is 30.3 Å². The highest BCUT2D eigenvalue weighted by Gasteiger charge is 2.26. The van der Waals surface area contributed by atoms with Crippen LogP contribution in [0.25, 0.3) is 0 Å². The van der Waals surface area contributed by atoms with Gasteiger partial charge in [-0.3, -0.25) is 0 Å². The van der Waals surface area contributed by atoms with Gasteiger partial charge in [0.25, 0.3) is 0 Å². The molecule has 1 N–H and O–H groups in total. The lowest BCUT2D eigenvalue weighted by atomic mass is 10.2. The molecule has 0 aliphatic carbocycles. The summed E-state index contributed by atoms with van der Waals surface area (Å²) in [5, 5.41) is 3.58. The van der Waals surface area contributed by atoms with Crippen LogP contribution in [0.3, 0.4) is 0 Å². The lowest BCUT2D eigenvalue weighted by Crippen LogP contribution is -2.36. The van der Waals surface area contributed by atoms with Crippen LogP contribution in [0.5, 0.6) is 0 Å². The minimum Gasteiger partial charge on any atom is -0.383 e. The van der Waals surface area contributed by atoms with Crippen LogP contribution in [0.4, 0.5) is 5.69 Å². The van der Waals surface area contributed by atoms with Crippen LogP contribution in [0.1, 0.15) is 13.8 Å². The van der Waals surface area contributed by atoms with Crippen molar-refractivity contribution in [2.24, 2.45) is 0 Å². The lowest BCUT2D eigenvalue weighted by Gasteiger charge is -2.31. The van der Waals surface area contributed by atoms with Crippen molar-refractivity contribution in [1.82, 2.24) is 0 Å². The predicted octanol–water partition coefficient (Wildman–Crippen LogP) is 4.22. The second-order valence-electron chi connectivity index (χ2n) is 5.45. The van der Waals surface area contributed by atoms with E-state index in [-0.39, 0.29) is 0 Å². The molecule has 2 atom stereocenters. The first-order valence-electron chi connectivity index (χ1n) is 5.73. The lowest BCUT2D eigenvalue weighted by molar-refractivity contribution is 0.736. The molecule has 0 amide bonds. The summed E-state index contributed by atoms with van der Waals surface area (Å²) in [4.78, 5) is 0. The molecular formula is C13H23NSi. The molecule has 0 bridgehead atoms. The molecule has 0 aliphatic rings. The Kier molecular flexibility index (Phi) is 3.97. The van der Waals surface area contributed by atoms with E-state index < -0.39 is 8.07 Å². The Morgan fingerprint density at radius 3 is 2.00 bits per heavy atom. The summed E-state index contributed by atoms with van der Waals surface area (Å²) < 4.78 is 0. The number of rotatable bonds is 4. The van der Waals surface area contributed by atoms with E-state index in [0.29, 0.717) is 6.04 Å². The van der Waals surface area contributed by atoms with Gasteiger partial charge in [-0.15, -0.1) is 0 Å². The van der Waals surface area contributed by atoms with Gasteiger partial charge in [0.15, 0.2) is 0 Å². The molecule has 0 aliphatic heterocycles. The SMILES string of the molecule is CC([C@H](C)Nc1ccccc1)[Si](C)(C)C. The fourth-order valence-electron chi connectivity index (χ4n) is 1.67. The van der Waals surface area contributed by atoms with Crippen LogP contribution in [-0.4, -0.2) is 14.1 Å². The molecule has 0 radical (unpaired) electrons. The van der Waals surface area contributed by atoms with Crippen LogP contribution in [-0.2, 0) is 0 Å². The number of anilines is 1. The van der Waals surface area contributed by atoms with Gasteiger partial charge in [0, 0.05) is 19.8 Å². The first-order chi connectivity index (χ1) is 6.91. The highest BCUT2D eigenvalue weighted by molar-refractivity contribution is 6.77. The molecule has 15 heavy (non-hydrogen) atoms. The first-order valence-corrected chi connectivity index (χ1v) is 9.30. The van der Waals surface area contributed by atoms with Crippen molar-refractivity contribution in [2.75, 3.05) is 5.32 Å². The second-order valence-corrected chi connectivity index (χ2v) is 11.1. The van der Waals surface area contributed by atoms with E-state index in [4.69, 9.17) is 0 Å². The average molecular weight is 221 g/mol. The molecule has 0 saturated heterocycles. The molecule has 1 unspecified atom stereocenters. The van der Waals surface area contributed by atoms with Gasteiger partial charge in [0.1, 0.15) is 0 Å². The van der Waals surface area contributed by atoms with E-state index >= 15 is 0 Å². The predicted molar refractivity (Wildman–Crippen MR) is 72.3 cm³/mol. The summed E-state index contributed by atoms with van der Waals surface area (Å²) >= 11 is 0. The normalized spacial score (nSPS) is 15.8. The van der Waals surface area contributed by atoms with Gasteiger partial charge in [-0.2, -0.15) is 0 Å². The number of nitrogens with one attached hydrogen (secondary N) is 1. The molecule has 1 nitrogen and oxygen atoms in total. The van der Waals surface area contributed by atoms with Gasteiger partial charge < -0.3 is 5.32 Å². The van der Waals surface area contributed by atoms with Gasteiger partial charge in [-0.05, 0) is 24.6 Å². The Bertz CT molecular complexity index is 289. The van der Waals surface area contributed by atoms with E-state index in [9.17, 15) is 0 Å². The molecule has 1 aromatic rings. The standard InChI is InChI=1S/C13H23NSi/c1-11(12(2)15(3,4)5)14-13-9-7-6-8-10-13/h6-12,14H,1-5H3/t11-,12?/m0/s1. The van der Waals surface area contributed by atoms with Gasteiger partial charge >= 0.3 is 0 Å². The zero-order valence-corrected chi connectivity index (χ0v) is 11.5. The van der Waals surface area contributed by atoms with Crippen molar-refractivity contribution >= 4 is 13.8 Å². The zero-order chi connectivity index (χ0) is 11.5. The third-order valence-corrected chi connectivity index (χ3v) is 6.52. The molecule has 2 heteroatoms. The van der Waals surface area contributed by atoms with E-state index in [1.54, 1.807) is 0 Å². The minimum atomic E-state index is -1.04. The van der Waals surface area contributed by atoms with E-state index in [2.05, 4.69) is 69.1 Å². The number of hydrogen-bond donors (Lipinski definition) is 1. The van der Waals surface area contributed by atoms with Crippen molar-refractivity contribution in [3.63, 3.8) is 0 Å². The molecule has 0 saturated carbocycles. The van der Waals surface area contributed by atoms with E-state index in [0.717, 1.165) is 5.54 Å². The summed E-state index contributed by atoms with van der Waals surface area (Å²) in [6.45, 7) is 11.9. The topological polar surface area (TPSA) is 12.0 Å². The van der Waals surface area contributed by atoms with Crippen molar-refractivity contribution in [1.29, 1.82) is 0 Å². The molecule has 0 spiro atoms. The van der Waals surface area contributed by atoms with Crippen LogP contribution < -0.4 is 5.32 Å². The minimum absolute atomic E-state index is 0.555. The molecular weight excluding hydrogens is 198 g/mol. The molecule has 0 aromatic heterocycles. The fraction of sp³-hybridized carbons (Fsp3) is 0.538. The van der Waals surface area contributed by atoms with Crippen LogP contribution in [0.2, 0.25) is 25.2 Å². The Labute approximate surface area is 94.9 Å². The number of hydrogen-bond acceptors (Lipinski definition) is 1. The molecule has 84 valence electrons. The highest BCUT2D eigenvalue weighted by Crippen LogP contribution is 2.26. The number of benzene rings is 1.